The van der Waals surface area contributed by atoms with E-state index in [4.69, 9.17) is 17.3 Å². The predicted molar refractivity (Wildman–Crippen MR) is 74.7 cm³/mol. The first-order valence-electron chi connectivity index (χ1n) is 6.12. The van der Waals surface area contributed by atoms with Crippen LogP contribution in [0.2, 0.25) is 5.02 Å². The Morgan fingerprint density at radius 3 is 2.56 bits per heavy atom. The van der Waals surface area contributed by atoms with Crippen LogP contribution in [0.5, 0.6) is 0 Å². The number of nitrogens with zero attached hydrogens (tertiary/aromatic N) is 2. The van der Waals surface area contributed by atoms with E-state index in [2.05, 4.69) is 31.1 Å². The summed E-state index contributed by atoms with van der Waals surface area (Å²) < 4.78 is 1.90. The molecule has 1 atom stereocenters. The van der Waals surface area contributed by atoms with Crippen molar-refractivity contribution < 1.29 is 0 Å². The van der Waals surface area contributed by atoms with Crippen LogP contribution in [0.3, 0.4) is 0 Å². The van der Waals surface area contributed by atoms with Crippen LogP contribution in [0.15, 0.2) is 36.5 Å². The zero-order chi connectivity index (χ0) is 13.1. The average Bonchev–Trinajstić information content (AvgIpc) is 2.72. The largest absolute Gasteiger partial charge is 0.322 e. The van der Waals surface area contributed by atoms with Gasteiger partial charge in [0.05, 0.1) is 23.0 Å². The highest BCUT2D eigenvalue weighted by molar-refractivity contribution is 6.31. The lowest BCUT2D eigenvalue weighted by Crippen LogP contribution is -2.20. The molecule has 3 nitrogen and oxygen atoms in total. The van der Waals surface area contributed by atoms with Gasteiger partial charge in [-0.1, -0.05) is 41.9 Å². The summed E-state index contributed by atoms with van der Waals surface area (Å²) in [5.41, 5.74) is 8.38. The maximum atomic E-state index is 6.27. The third kappa shape index (κ3) is 2.74. The molecule has 1 aromatic heterocycles. The molecule has 1 heterocycles. The number of rotatable bonds is 4. The molecule has 1 unspecified atom stereocenters. The zero-order valence-electron chi connectivity index (χ0n) is 10.7. The second-order valence-corrected chi connectivity index (χ2v) is 5.12. The van der Waals surface area contributed by atoms with Gasteiger partial charge in [0.25, 0.3) is 0 Å². The van der Waals surface area contributed by atoms with Crippen molar-refractivity contribution in [3.05, 3.63) is 52.8 Å². The van der Waals surface area contributed by atoms with Gasteiger partial charge in [0.1, 0.15) is 0 Å². The summed E-state index contributed by atoms with van der Waals surface area (Å²) in [6.07, 6.45) is 2.43. The molecule has 2 rings (SSSR count). The van der Waals surface area contributed by atoms with E-state index in [1.54, 1.807) is 6.20 Å². The Morgan fingerprint density at radius 1 is 1.28 bits per heavy atom. The minimum atomic E-state index is -0.134. The van der Waals surface area contributed by atoms with Gasteiger partial charge in [-0.25, -0.2) is 0 Å². The second kappa shape index (κ2) is 5.55. The Hall–Kier alpha value is -1.32. The standard InChI is InChI=1S/C14H18ClN3/c1-10(2)18-14(12(15)9-17-18)13(16)8-11-6-4-3-5-7-11/h3-7,9-10,13H,8,16H2,1-2H3. The van der Waals surface area contributed by atoms with E-state index in [0.717, 1.165) is 12.1 Å². The molecular weight excluding hydrogens is 246 g/mol. The summed E-state index contributed by atoms with van der Waals surface area (Å²) in [5.74, 6) is 0. The Kier molecular flexibility index (Phi) is 4.04. The van der Waals surface area contributed by atoms with Crippen molar-refractivity contribution >= 4 is 11.6 Å². The van der Waals surface area contributed by atoms with E-state index < -0.39 is 0 Å². The molecule has 0 bridgehead atoms. The van der Waals surface area contributed by atoms with Crippen LogP contribution in [0.25, 0.3) is 0 Å². The summed E-state index contributed by atoms with van der Waals surface area (Å²) >= 11 is 6.19. The Balaban J connectivity index is 2.23. The molecule has 18 heavy (non-hydrogen) atoms. The molecule has 96 valence electrons. The molecule has 0 aliphatic rings. The molecular formula is C14H18ClN3. The highest BCUT2D eigenvalue weighted by Crippen LogP contribution is 2.26. The van der Waals surface area contributed by atoms with Gasteiger partial charge >= 0.3 is 0 Å². The van der Waals surface area contributed by atoms with Gasteiger partial charge in [0.15, 0.2) is 0 Å². The van der Waals surface area contributed by atoms with Gasteiger partial charge in [-0.05, 0) is 25.8 Å². The lowest BCUT2D eigenvalue weighted by molar-refractivity contribution is 0.485. The topological polar surface area (TPSA) is 43.8 Å². The maximum Gasteiger partial charge on any atom is 0.0834 e. The van der Waals surface area contributed by atoms with Gasteiger partial charge in [-0.3, -0.25) is 4.68 Å². The van der Waals surface area contributed by atoms with Crippen LogP contribution >= 0.6 is 11.6 Å². The van der Waals surface area contributed by atoms with Crippen LogP contribution < -0.4 is 5.73 Å². The first kappa shape index (κ1) is 13.1. The molecule has 0 radical (unpaired) electrons. The van der Waals surface area contributed by atoms with Crippen molar-refractivity contribution in [2.45, 2.75) is 32.4 Å². The molecule has 0 fully saturated rings. The van der Waals surface area contributed by atoms with Crippen LogP contribution in [0.1, 0.15) is 37.2 Å². The summed E-state index contributed by atoms with van der Waals surface area (Å²) in [6.45, 7) is 4.14. The summed E-state index contributed by atoms with van der Waals surface area (Å²) in [7, 11) is 0. The number of halogens is 1. The number of hydrogen-bond donors (Lipinski definition) is 1. The van der Waals surface area contributed by atoms with Gasteiger partial charge < -0.3 is 5.73 Å². The summed E-state index contributed by atoms with van der Waals surface area (Å²) in [5, 5.41) is 4.93. The molecule has 0 saturated heterocycles. The highest BCUT2D eigenvalue weighted by atomic mass is 35.5. The fraction of sp³-hybridized carbons (Fsp3) is 0.357. The van der Waals surface area contributed by atoms with Gasteiger partial charge in [-0.2, -0.15) is 5.10 Å². The minimum absolute atomic E-state index is 0.134. The number of aromatic nitrogens is 2. The van der Waals surface area contributed by atoms with Crippen molar-refractivity contribution in [3.63, 3.8) is 0 Å². The van der Waals surface area contributed by atoms with E-state index >= 15 is 0 Å². The SMILES string of the molecule is CC(C)n1ncc(Cl)c1C(N)Cc1ccccc1. The molecule has 4 heteroatoms. The highest BCUT2D eigenvalue weighted by Gasteiger charge is 2.18. The van der Waals surface area contributed by atoms with Crippen molar-refractivity contribution in [3.8, 4) is 0 Å². The fourth-order valence-corrected chi connectivity index (χ4v) is 2.34. The third-order valence-corrected chi connectivity index (χ3v) is 3.22. The molecule has 2 N–H and O–H groups in total. The van der Waals surface area contributed by atoms with Crippen molar-refractivity contribution in [2.75, 3.05) is 0 Å². The fourth-order valence-electron chi connectivity index (χ4n) is 2.07. The van der Waals surface area contributed by atoms with Gasteiger partial charge in [0, 0.05) is 6.04 Å². The van der Waals surface area contributed by atoms with Crippen molar-refractivity contribution in [2.24, 2.45) is 5.73 Å². The molecule has 0 saturated carbocycles. The van der Waals surface area contributed by atoms with Crippen LogP contribution in [-0.4, -0.2) is 9.78 Å². The molecule has 0 aliphatic heterocycles. The second-order valence-electron chi connectivity index (χ2n) is 4.71. The summed E-state index contributed by atoms with van der Waals surface area (Å²) in [6, 6.07) is 10.3. The Labute approximate surface area is 113 Å². The molecule has 1 aromatic carbocycles. The number of benzene rings is 1. The molecule has 0 amide bonds. The van der Waals surface area contributed by atoms with E-state index in [9.17, 15) is 0 Å². The van der Waals surface area contributed by atoms with E-state index in [1.165, 1.54) is 5.56 Å². The van der Waals surface area contributed by atoms with E-state index in [1.807, 2.05) is 22.9 Å². The number of nitrogens with two attached hydrogens (primary N) is 1. The lowest BCUT2D eigenvalue weighted by atomic mass is 10.0. The molecule has 2 aromatic rings. The quantitative estimate of drug-likeness (QED) is 0.919. The zero-order valence-corrected chi connectivity index (χ0v) is 11.4. The first-order chi connectivity index (χ1) is 8.59. The normalized spacial score (nSPS) is 12.9. The minimum Gasteiger partial charge on any atom is -0.322 e. The molecule has 0 spiro atoms. The van der Waals surface area contributed by atoms with E-state index in [0.29, 0.717) is 5.02 Å². The van der Waals surface area contributed by atoms with Crippen molar-refractivity contribution in [1.29, 1.82) is 0 Å². The Bertz CT molecular complexity index is 505. The average molecular weight is 264 g/mol. The van der Waals surface area contributed by atoms with Crippen LogP contribution in [-0.2, 0) is 6.42 Å². The lowest BCUT2D eigenvalue weighted by Gasteiger charge is -2.17. The van der Waals surface area contributed by atoms with Gasteiger partial charge in [0.2, 0.25) is 0 Å². The summed E-state index contributed by atoms with van der Waals surface area (Å²) in [4.78, 5) is 0. The Morgan fingerprint density at radius 2 is 1.94 bits per heavy atom. The first-order valence-corrected chi connectivity index (χ1v) is 6.49. The monoisotopic (exact) mass is 263 g/mol. The maximum absolute atomic E-state index is 6.27. The third-order valence-electron chi connectivity index (χ3n) is 2.93. The van der Waals surface area contributed by atoms with Gasteiger partial charge in [-0.15, -0.1) is 0 Å². The number of hydrogen-bond acceptors (Lipinski definition) is 2. The molecule has 0 aliphatic carbocycles. The smallest absolute Gasteiger partial charge is 0.0834 e. The van der Waals surface area contributed by atoms with Crippen LogP contribution in [0.4, 0.5) is 0 Å². The predicted octanol–water partition coefficient (Wildman–Crippen LogP) is 3.36. The van der Waals surface area contributed by atoms with Crippen molar-refractivity contribution in [1.82, 2.24) is 9.78 Å². The van der Waals surface area contributed by atoms with Crippen LogP contribution in [0, 0.1) is 0 Å². The van der Waals surface area contributed by atoms with E-state index in [-0.39, 0.29) is 12.1 Å².